The zero-order chi connectivity index (χ0) is 18.5. The van der Waals surface area contributed by atoms with Gasteiger partial charge in [-0.05, 0) is 55.2 Å². The average Bonchev–Trinajstić information content (AvgIpc) is 2.67. The molecular weight excluding hydrogens is 416 g/mol. The summed E-state index contributed by atoms with van der Waals surface area (Å²) in [7, 11) is 0. The number of non-ortho nitro benzene ring substituents is 1. The Labute approximate surface area is 166 Å². The van der Waals surface area contributed by atoms with Crippen molar-refractivity contribution in [2.24, 2.45) is 0 Å². The van der Waals surface area contributed by atoms with Gasteiger partial charge in [0.1, 0.15) is 17.3 Å². The molecule has 2 aromatic rings. The second-order valence-corrected chi connectivity index (χ2v) is 7.51. The lowest BCUT2D eigenvalue weighted by molar-refractivity contribution is -0.384. The number of hydrogen-bond acceptors (Lipinski definition) is 4. The molecule has 0 spiro atoms. The first-order valence-electron chi connectivity index (χ1n) is 8.49. The van der Waals surface area contributed by atoms with E-state index in [1.165, 1.54) is 18.6 Å². The summed E-state index contributed by atoms with van der Waals surface area (Å²) in [5, 5.41) is 10.7. The summed E-state index contributed by atoms with van der Waals surface area (Å²) in [5.74, 6) is 0.724. The molecule has 0 amide bonds. The molecule has 0 unspecified atom stereocenters. The summed E-state index contributed by atoms with van der Waals surface area (Å²) in [6.45, 7) is 2.29. The Balaban J connectivity index is 1.75. The van der Waals surface area contributed by atoms with Gasteiger partial charge in [0, 0.05) is 29.7 Å². The first-order chi connectivity index (χ1) is 12.5. The molecule has 1 fully saturated rings. The molecule has 0 aromatic heterocycles. The predicted octanol–water partition coefficient (Wildman–Crippen LogP) is 5.10. The number of rotatable bonds is 5. The van der Waals surface area contributed by atoms with Gasteiger partial charge in [-0.3, -0.25) is 10.1 Å². The number of nitro groups is 1. The number of ether oxygens (including phenoxy) is 1. The van der Waals surface area contributed by atoms with Gasteiger partial charge in [-0.25, -0.2) is 0 Å². The van der Waals surface area contributed by atoms with Crippen LogP contribution in [0.4, 0.5) is 5.69 Å². The van der Waals surface area contributed by atoms with Crippen LogP contribution < -0.4 is 4.74 Å². The van der Waals surface area contributed by atoms with Crippen LogP contribution in [0.2, 0.25) is 0 Å². The molecule has 5 nitrogen and oxygen atoms in total. The van der Waals surface area contributed by atoms with Crippen LogP contribution >= 0.6 is 28.1 Å². The highest BCUT2D eigenvalue weighted by Gasteiger charge is 2.18. The lowest BCUT2D eigenvalue weighted by Gasteiger charge is -2.30. The monoisotopic (exact) mass is 434 g/mol. The van der Waals surface area contributed by atoms with Gasteiger partial charge in [0.15, 0.2) is 0 Å². The Morgan fingerprint density at radius 3 is 2.50 bits per heavy atom. The van der Waals surface area contributed by atoms with Gasteiger partial charge in [-0.2, -0.15) is 0 Å². The molecule has 0 bridgehead atoms. The Morgan fingerprint density at radius 1 is 1.15 bits per heavy atom. The Bertz CT molecular complexity index is 805. The first-order valence-corrected chi connectivity index (χ1v) is 9.69. The van der Waals surface area contributed by atoms with E-state index in [0.717, 1.165) is 52.3 Å². The number of hydrogen-bond donors (Lipinski definition) is 0. The molecule has 136 valence electrons. The zero-order valence-electron chi connectivity index (χ0n) is 14.2. The van der Waals surface area contributed by atoms with Gasteiger partial charge in [-0.1, -0.05) is 28.1 Å². The number of thiocarbonyl (C=S) groups is 1. The number of halogens is 1. The maximum absolute atomic E-state index is 10.7. The molecule has 1 heterocycles. The lowest BCUT2D eigenvalue weighted by Crippen LogP contribution is -2.35. The van der Waals surface area contributed by atoms with Crippen molar-refractivity contribution in [3.8, 4) is 5.75 Å². The summed E-state index contributed by atoms with van der Waals surface area (Å²) < 4.78 is 6.94. The van der Waals surface area contributed by atoms with E-state index < -0.39 is 4.92 Å². The smallest absolute Gasteiger partial charge is 0.269 e. The summed E-state index contributed by atoms with van der Waals surface area (Å²) in [4.78, 5) is 13.4. The van der Waals surface area contributed by atoms with Crippen molar-refractivity contribution in [2.75, 3.05) is 13.1 Å². The molecule has 2 aromatic carbocycles. The van der Waals surface area contributed by atoms with Crippen molar-refractivity contribution in [3.05, 3.63) is 68.2 Å². The topological polar surface area (TPSA) is 55.6 Å². The standard InChI is InChI=1S/C19H19BrN2O3S/c20-15-6-9-18(17(12-15)19(26)21-10-2-1-3-11-21)25-13-14-4-7-16(8-5-14)22(23)24/h4-9,12H,1-3,10-11,13H2. The summed E-state index contributed by atoms with van der Waals surface area (Å²) in [6.07, 6.45) is 3.57. The van der Waals surface area contributed by atoms with Crippen LogP contribution in [0.25, 0.3) is 0 Å². The minimum absolute atomic E-state index is 0.0735. The third-order valence-electron chi connectivity index (χ3n) is 4.36. The van der Waals surface area contributed by atoms with E-state index in [0.29, 0.717) is 6.61 Å². The van der Waals surface area contributed by atoms with Crippen LogP contribution in [-0.4, -0.2) is 27.9 Å². The fraction of sp³-hybridized carbons (Fsp3) is 0.316. The van der Waals surface area contributed by atoms with Crippen molar-refractivity contribution in [1.82, 2.24) is 4.90 Å². The summed E-state index contributed by atoms with van der Waals surface area (Å²) >= 11 is 9.22. The van der Waals surface area contributed by atoms with Gasteiger partial charge in [-0.15, -0.1) is 0 Å². The van der Waals surface area contributed by atoms with Crippen LogP contribution in [0, 0.1) is 10.1 Å². The van der Waals surface area contributed by atoms with E-state index in [4.69, 9.17) is 17.0 Å². The highest BCUT2D eigenvalue weighted by molar-refractivity contribution is 9.10. The van der Waals surface area contributed by atoms with Crippen molar-refractivity contribution >= 4 is 38.8 Å². The normalized spacial score (nSPS) is 14.1. The molecule has 7 heteroatoms. The Morgan fingerprint density at radius 2 is 1.85 bits per heavy atom. The molecule has 0 aliphatic carbocycles. The SMILES string of the molecule is O=[N+]([O-])c1ccc(COc2ccc(Br)cc2C(=S)N2CCCCC2)cc1. The first kappa shape index (κ1) is 18.8. The van der Waals surface area contributed by atoms with E-state index in [2.05, 4.69) is 20.8 Å². The quantitative estimate of drug-likeness (QED) is 0.372. The van der Waals surface area contributed by atoms with Crippen LogP contribution in [0.15, 0.2) is 46.9 Å². The number of likely N-dealkylation sites (tertiary alicyclic amines) is 1. The third-order valence-corrected chi connectivity index (χ3v) is 5.33. The van der Waals surface area contributed by atoms with Gasteiger partial charge in [0.2, 0.25) is 0 Å². The van der Waals surface area contributed by atoms with Crippen molar-refractivity contribution in [2.45, 2.75) is 25.9 Å². The maximum Gasteiger partial charge on any atom is 0.269 e. The average molecular weight is 435 g/mol. The molecule has 0 N–H and O–H groups in total. The minimum Gasteiger partial charge on any atom is -0.488 e. The van der Waals surface area contributed by atoms with E-state index in [1.54, 1.807) is 12.1 Å². The zero-order valence-corrected chi connectivity index (χ0v) is 16.6. The molecule has 0 radical (unpaired) electrons. The highest BCUT2D eigenvalue weighted by Crippen LogP contribution is 2.27. The molecule has 26 heavy (non-hydrogen) atoms. The molecular formula is C19H19BrN2O3S. The van der Waals surface area contributed by atoms with Crippen LogP contribution in [0.3, 0.4) is 0 Å². The second-order valence-electron chi connectivity index (χ2n) is 6.21. The number of piperidine rings is 1. The predicted molar refractivity (Wildman–Crippen MR) is 109 cm³/mol. The summed E-state index contributed by atoms with van der Waals surface area (Å²) in [5.41, 5.74) is 1.84. The fourth-order valence-electron chi connectivity index (χ4n) is 2.94. The van der Waals surface area contributed by atoms with Crippen LogP contribution in [0.1, 0.15) is 30.4 Å². The van der Waals surface area contributed by atoms with Crippen LogP contribution in [0.5, 0.6) is 5.75 Å². The van der Waals surface area contributed by atoms with Crippen molar-refractivity contribution in [3.63, 3.8) is 0 Å². The van der Waals surface area contributed by atoms with Gasteiger partial charge < -0.3 is 9.64 Å². The molecule has 1 aliphatic rings. The Kier molecular flexibility index (Phi) is 6.21. The number of benzene rings is 2. The second kappa shape index (κ2) is 8.60. The molecule has 0 saturated carbocycles. The molecule has 3 rings (SSSR count). The summed E-state index contributed by atoms with van der Waals surface area (Å²) in [6, 6.07) is 12.2. The lowest BCUT2D eigenvalue weighted by atomic mass is 10.1. The Hall–Kier alpha value is -1.99. The maximum atomic E-state index is 10.7. The van der Waals surface area contributed by atoms with E-state index >= 15 is 0 Å². The van der Waals surface area contributed by atoms with Gasteiger partial charge in [0.25, 0.3) is 5.69 Å². The van der Waals surface area contributed by atoms with Gasteiger partial charge in [0.05, 0.1) is 10.5 Å². The minimum atomic E-state index is -0.408. The molecule has 0 atom stereocenters. The third kappa shape index (κ3) is 4.59. The number of nitro benzene ring substituents is 1. The molecule has 1 aliphatic heterocycles. The van der Waals surface area contributed by atoms with E-state index in [9.17, 15) is 10.1 Å². The van der Waals surface area contributed by atoms with E-state index in [1.807, 2.05) is 18.2 Å². The van der Waals surface area contributed by atoms with E-state index in [-0.39, 0.29) is 5.69 Å². The van der Waals surface area contributed by atoms with Crippen LogP contribution in [-0.2, 0) is 6.61 Å². The largest absolute Gasteiger partial charge is 0.488 e. The van der Waals surface area contributed by atoms with Crippen molar-refractivity contribution in [1.29, 1.82) is 0 Å². The van der Waals surface area contributed by atoms with Gasteiger partial charge >= 0.3 is 0 Å². The number of nitrogens with zero attached hydrogens (tertiary/aromatic N) is 2. The molecule has 1 saturated heterocycles. The van der Waals surface area contributed by atoms with Crippen molar-refractivity contribution < 1.29 is 9.66 Å². The highest BCUT2D eigenvalue weighted by atomic mass is 79.9. The fourth-order valence-corrected chi connectivity index (χ4v) is 3.64.